The van der Waals surface area contributed by atoms with Gasteiger partial charge in [0.25, 0.3) is 0 Å². The quantitative estimate of drug-likeness (QED) is 0.829. The van der Waals surface area contributed by atoms with E-state index in [1.54, 1.807) is 6.08 Å². The van der Waals surface area contributed by atoms with Crippen LogP contribution in [0.2, 0.25) is 0 Å². The van der Waals surface area contributed by atoms with Gasteiger partial charge in [0, 0.05) is 25.2 Å². The maximum absolute atomic E-state index is 11.7. The van der Waals surface area contributed by atoms with Gasteiger partial charge in [0.15, 0.2) is 5.78 Å². The zero-order valence-electron chi connectivity index (χ0n) is 11.2. The lowest BCUT2D eigenvalue weighted by molar-refractivity contribution is -0.117. The number of ketones is 1. The molecule has 3 heteroatoms. The van der Waals surface area contributed by atoms with Gasteiger partial charge in [0.2, 0.25) is 0 Å². The number of carbonyl (C=O) groups excluding carboxylic acids is 1. The molecule has 1 aliphatic rings. The highest BCUT2D eigenvalue weighted by Crippen LogP contribution is 2.34. The van der Waals surface area contributed by atoms with E-state index in [9.17, 15) is 4.79 Å². The van der Waals surface area contributed by atoms with Gasteiger partial charge in [-0.2, -0.15) is 0 Å². The molecule has 1 aromatic rings. The van der Waals surface area contributed by atoms with Gasteiger partial charge in [0.05, 0.1) is 5.69 Å². The van der Waals surface area contributed by atoms with Crippen LogP contribution in [0.3, 0.4) is 0 Å². The van der Waals surface area contributed by atoms with Crippen molar-refractivity contribution in [2.75, 3.05) is 12.5 Å². The summed E-state index contributed by atoms with van der Waals surface area (Å²) < 4.78 is 0. The molecule has 3 nitrogen and oxygen atoms in total. The number of allylic oxidation sites excluding steroid dienone is 2. The maximum Gasteiger partial charge on any atom is 0.158 e. The van der Waals surface area contributed by atoms with Crippen molar-refractivity contribution in [1.29, 1.82) is 0 Å². The Morgan fingerprint density at radius 1 is 1.17 bits per heavy atom. The van der Waals surface area contributed by atoms with E-state index in [0.29, 0.717) is 6.42 Å². The molecule has 1 aromatic carbocycles. The normalized spacial score (nSPS) is 18.2. The highest BCUT2D eigenvalue weighted by atomic mass is 16.1. The van der Waals surface area contributed by atoms with Crippen LogP contribution >= 0.6 is 0 Å². The average Bonchev–Trinajstić information content (AvgIpc) is 2.27. The second-order valence-corrected chi connectivity index (χ2v) is 5.66. The highest BCUT2D eigenvalue weighted by Gasteiger charge is 2.28. The van der Waals surface area contributed by atoms with Crippen molar-refractivity contribution in [3.8, 4) is 0 Å². The second-order valence-electron chi connectivity index (χ2n) is 5.66. The molecule has 1 aliphatic carbocycles. The molecular formula is C15H20N2O. The third-order valence-corrected chi connectivity index (χ3v) is 3.14. The van der Waals surface area contributed by atoms with Crippen LogP contribution in [0.5, 0.6) is 0 Å². The molecule has 2 rings (SSSR count). The molecule has 0 atom stereocenters. The van der Waals surface area contributed by atoms with Gasteiger partial charge in [-0.05, 0) is 24.0 Å². The Hall–Kier alpha value is -1.77. The van der Waals surface area contributed by atoms with E-state index in [0.717, 1.165) is 17.8 Å². The van der Waals surface area contributed by atoms with Gasteiger partial charge in [-0.3, -0.25) is 15.2 Å². The number of hydrogen-bond acceptors (Lipinski definition) is 3. The lowest BCUT2D eigenvalue weighted by Crippen LogP contribution is -2.32. The lowest BCUT2D eigenvalue weighted by Gasteiger charge is -2.34. The topological polar surface area (TPSA) is 32.3 Å². The van der Waals surface area contributed by atoms with Crippen LogP contribution < -0.4 is 5.43 Å². The minimum atomic E-state index is 0.0494. The van der Waals surface area contributed by atoms with Crippen LogP contribution in [0.15, 0.2) is 42.1 Å². The Kier molecular flexibility index (Phi) is 3.41. The summed E-state index contributed by atoms with van der Waals surface area (Å²) in [5.41, 5.74) is 5.40. The Morgan fingerprint density at radius 2 is 1.83 bits per heavy atom. The van der Waals surface area contributed by atoms with E-state index in [1.807, 2.05) is 42.4 Å². The van der Waals surface area contributed by atoms with E-state index in [4.69, 9.17) is 0 Å². The van der Waals surface area contributed by atoms with E-state index in [-0.39, 0.29) is 11.2 Å². The lowest BCUT2D eigenvalue weighted by atomic mass is 9.79. The molecule has 0 aromatic heterocycles. The molecule has 0 saturated heterocycles. The molecule has 0 amide bonds. The van der Waals surface area contributed by atoms with Crippen molar-refractivity contribution in [3.05, 3.63) is 42.1 Å². The van der Waals surface area contributed by atoms with Gasteiger partial charge in [-0.15, -0.1) is 0 Å². The number of nitrogens with one attached hydrogen (secondary N) is 1. The van der Waals surface area contributed by atoms with Gasteiger partial charge >= 0.3 is 0 Å². The van der Waals surface area contributed by atoms with Crippen LogP contribution in [0.1, 0.15) is 26.7 Å². The number of nitrogens with zero attached hydrogens (tertiary/aromatic N) is 1. The van der Waals surface area contributed by atoms with Crippen LogP contribution in [-0.4, -0.2) is 17.8 Å². The first-order valence-electron chi connectivity index (χ1n) is 6.25. The van der Waals surface area contributed by atoms with Crippen molar-refractivity contribution in [1.82, 2.24) is 5.01 Å². The number of anilines is 1. The fourth-order valence-corrected chi connectivity index (χ4v) is 2.31. The molecule has 0 bridgehead atoms. The van der Waals surface area contributed by atoms with Crippen molar-refractivity contribution in [3.63, 3.8) is 0 Å². The summed E-state index contributed by atoms with van der Waals surface area (Å²) in [6.07, 6.45) is 3.30. The zero-order valence-corrected chi connectivity index (χ0v) is 11.2. The first kappa shape index (κ1) is 12.7. The first-order chi connectivity index (χ1) is 8.46. The fourth-order valence-electron chi connectivity index (χ4n) is 2.31. The third-order valence-electron chi connectivity index (χ3n) is 3.14. The van der Waals surface area contributed by atoms with Crippen LogP contribution in [0.25, 0.3) is 0 Å². The van der Waals surface area contributed by atoms with Crippen molar-refractivity contribution >= 4 is 11.5 Å². The van der Waals surface area contributed by atoms with Crippen LogP contribution in [0, 0.1) is 5.41 Å². The smallest absolute Gasteiger partial charge is 0.158 e. The Bertz CT molecular complexity index is 463. The summed E-state index contributed by atoms with van der Waals surface area (Å²) in [5.74, 6) is 0.211. The van der Waals surface area contributed by atoms with Gasteiger partial charge < -0.3 is 0 Å². The third kappa shape index (κ3) is 3.13. The molecule has 0 aliphatic heterocycles. The molecule has 0 radical (unpaired) electrons. The van der Waals surface area contributed by atoms with Crippen LogP contribution in [0.4, 0.5) is 5.69 Å². The molecule has 0 spiro atoms. The van der Waals surface area contributed by atoms with E-state index < -0.39 is 0 Å². The monoisotopic (exact) mass is 244 g/mol. The minimum Gasteiger partial charge on any atom is -0.299 e. The summed E-state index contributed by atoms with van der Waals surface area (Å²) in [6.45, 7) is 4.27. The second kappa shape index (κ2) is 4.84. The summed E-state index contributed by atoms with van der Waals surface area (Å²) >= 11 is 0. The summed E-state index contributed by atoms with van der Waals surface area (Å²) in [5, 5.41) is 1.94. The molecular weight excluding hydrogens is 224 g/mol. The van der Waals surface area contributed by atoms with Crippen molar-refractivity contribution in [2.45, 2.75) is 26.7 Å². The zero-order chi connectivity index (χ0) is 13.2. The number of para-hydroxylation sites is 1. The van der Waals surface area contributed by atoms with Crippen molar-refractivity contribution in [2.24, 2.45) is 5.41 Å². The summed E-state index contributed by atoms with van der Waals surface area (Å²) in [7, 11) is 1.95. The standard InChI is InChI=1S/C15H20N2O/c1-15(2)10-13(9-14(18)11-15)17(3)16-12-7-5-4-6-8-12/h4-9,16H,10-11H2,1-3H3. The first-order valence-corrected chi connectivity index (χ1v) is 6.25. The number of hydrazine groups is 1. The van der Waals surface area contributed by atoms with Gasteiger partial charge in [-0.1, -0.05) is 32.0 Å². The van der Waals surface area contributed by atoms with Gasteiger partial charge in [-0.25, -0.2) is 0 Å². The summed E-state index contributed by atoms with van der Waals surface area (Å²) in [6, 6.07) is 9.97. The van der Waals surface area contributed by atoms with E-state index in [2.05, 4.69) is 19.3 Å². The number of rotatable bonds is 3. The summed E-state index contributed by atoms with van der Waals surface area (Å²) in [4.78, 5) is 11.7. The van der Waals surface area contributed by atoms with Crippen LogP contribution in [-0.2, 0) is 4.79 Å². The Labute approximate surface area is 108 Å². The molecule has 0 fully saturated rings. The Balaban J connectivity index is 2.10. The number of hydrogen-bond donors (Lipinski definition) is 1. The Morgan fingerprint density at radius 3 is 2.44 bits per heavy atom. The minimum absolute atomic E-state index is 0.0494. The van der Waals surface area contributed by atoms with Crippen molar-refractivity contribution < 1.29 is 4.79 Å². The van der Waals surface area contributed by atoms with Gasteiger partial charge in [0.1, 0.15) is 0 Å². The molecule has 96 valence electrons. The van der Waals surface area contributed by atoms with E-state index in [1.165, 1.54) is 0 Å². The maximum atomic E-state index is 11.7. The van der Waals surface area contributed by atoms with E-state index >= 15 is 0 Å². The predicted octanol–water partition coefficient (Wildman–Crippen LogP) is 3.22. The predicted molar refractivity (Wildman–Crippen MR) is 73.9 cm³/mol. The fraction of sp³-hybridized carbons (Fsp3) is 0.400. The highest BCUT2D eigenvalue weighted by molar-refractivity contribution is 5.91. The molecule has 0 unspecified atom stereocenters. The molecule has 0 saturated carbocycles. The molecule has 1 N–H and O–H groups in total. The SMILES string of the molecule is CN(Nc1ccccc1)C1=CC(=O)CC(C)(C)C1. The number of benzene rings is 1. The average molecular weight is 244 g/mol. The largest absolute Gasteiger partial charge is 0.299 e. The number of carbonyl (C=O) groups is 1. The molecule has 0 heterocycles. The molecule has 18 heavy (non-hydrogen) atoms.